The highest BCUT2D eigenvalue weighted by molar-refractivity contribution is 9.10. The number of hydrazone groups is 1. The molecule has 7 nitrogen and oxygen atoms in total. The van der Waals surface area contributed by atoms with E-state index in [0.29, 0.717) is 4.47 Å². The van der Waals surface area contributed by atoms with Crippen molar-refractivity contribution in [2.45, 2.75) is 6.92 Å². The molecule has 0 amide bonds. The van der Waals surface area contributed by atoms with Crippen LogP contribution in [-0.4, -0.2) is 21.7 Å². The number of aliphatic carboxylic acids is 1. The second-order valence-electron chi connectivity index (χ2n) is 3.03. The number of benzene rings is 1. The van der Waals surface area contributed by atoms with Crippen LogP contribution < -0.4 is 5.43 Å². The Balaban J connectivity index is 3.03. The zero-order valence-electron chi connectivity index (χ0n) is 8.68. The molecule has 1 aromatic carbocycles. The number of hydrogen-bond donors (Lipinski definition) is 2. The Bertz CT molecular complexity index is 501. The van der Waals surface area contributed by atoms with Gasteiger partial charge in [-0.1, -0.05) is 15.9 Å². The molecule has 0 aliphatic heterocycles. The number of rotatable bonds is 4. The normalized spacial score (nSPS) is 11.1. The van der Waals surface area contributed by atoms with E-state index in [1.807, 2.05) is 0 Å². The summed E-state index contributed by atoms with van der Waals surface area (Å²) in [4.78, 5) is 20.6. The highest BCUT2D eigenvalue weighted by Gasteiger charge is 2.14. The van der Waals surface area contributed by atoms with E-state index in [9.17, 15) is 14.9 Å². The Kier molecular flexibility index (Phi) is 4.16. The van der Waals surface area contributed by atoms with Gasteiger partial charge >= 0.3 is 5.97 Å². The van der Waals surface area contributed by atoms with Crippen molar-refractivity contribution in [2.75, 3.05) is 5.43 Å². The van der Waals surface area contributed by atoms with E-state index in [-0.39, 0.29) is 17.1 Å². The number of nitrogens with one attached hydrogen (secondary N) is 1. The van der Waals surface area contributed by atoms with Gasteiger partial charge in [0.15, 0.2) is 0 Å². The zero-order valence-corrected chi connectivity index (χ0v) is 10.3. The highest BCUT2D eigenvalue weighted by Crippen LogP contribution is 2.27. The molecule has 2 N–H and O–H groups in total. The first-order chi connectivity index (χ1) is 7.91. The van der Waals surface area contributed by atoms with Crippen molar-refractivity contribution in [1.29, 1.82) is 0 Å². The summed E-state index contributed by atoms with van der Waals surface area (Å²) in [6.07, 6.45) is 0. The van der Waals surface area contributed by atoms with E-state index in [0.717, 1.165) is 0 Å². The Labute approximate surface area is 104 Å². The zero-order chi connectivity index (χ0) is 13.0. The van der Waals surface area contributed by atoms with Crippen molar-refractivity contribution in [2.24, 2.45) is 5.10 Å². The Morgan fingerprint density at radius 3 is 2.76 bits per heavy atom. The van der Waals surface area contributed by atoms with Crippen molar-refractivity contribution < 1.29 is 14.8 Å². The average Bonchev–Trinajstić information content (AvgIpc) is 2.26. The van der Waals surface area contributed by atoms with Crippen molar-refractivity contribution in [1.82, 2.24) is 0 Å². The molecule has 0 fully saturated rings. The van der Waals surface area contributed by atoms with Crippen molar-refractivity contribution in [3.05, 3.63) is 32.8 Å². The van der Waals surface area contributed by atoms with Crippen molar-refractivity contribution >= 4 is 39.0 Å². The number of carboxylic acids is 1. The Morgan fingerprint density at radius 2 is 2.24 bits per heavy atom. The molecule has 0 atom stereocenters. The molecule has 0 bridgehead atoms. The van der Waals surface area contributed by atoms with Crippen molar-refractivity contribution in [3.63, 3.8) is 0 Å². The predicted molar refractivity (Wildman–Crippen MR) is 65.2 cm³/mol. The number of anilines is 1. The predicted octanol–water partition coefficient (Wildman–Crippen LogP) is 2.23. The lowest BCUT2D eigenvalue weighted by molar-refractivity contribution is -0.384. The van der Waals surface area contributed by atoms with Gasteiger partial charge in [-0.15, -0.1) is 0 Å². The molecular weight excluding hydrogens is 294 g/mol. The van der Waals surface area contributed by atoms with E-state index in [2.05, 4.69) is 26.5 Å². The maximum atomic E-state index is 10.7. The molecule has 1 rings (SSSR count). The quantitative estimate of drug-likeness (QED) is 0.504. The van der Waals surface area contributed by atoms with Gasteiger partial charge in [-0.2, -0.15) is 5.10 Å². The standard InChI is InChI=1S/C9H8BrN3O4/c1-5(9(14)15)11-12-7-3-2-6(10)4-8(7)13(16)17/h2-4,12H,1H3,(H,14,15)/b11-5+. The van der Waals surface area contributed by atoms with Crippen LogP contribution in [0.3, 0.4) is 0 Å². The molecule has 0 saturated heterocycles. The molecule has 0 aliphatic carbocycles. The summed E-state index contributed by atoms with van der Waals surface area (Å²) in [6.45, 7) is 1.28. The van der Waals surface area contributed by atoms with E-state index in [1.165, 1.54) is 19.1 Å². The lowest BCUT2D eigenvalue weighted by Gasteiger charge is -2.02. The second kappa shape index (κ2) is 5.39. The lowest BCUT2D eigenvalue weighted by atomic mass is 10.3. The van der Waals surface area contributed by atoms with Gasteiger partial charge in [0.2, 0.25) is 0 Å². The Hall–Kier alpha value is -1.96. The first-order valence-electron chi connectivity index (χ1n) is 4.39. The molecule has 0 spiro atoms. The molecule has 0 heterocycles. The number of carboxylic acid groups (broad SMARTS) is 1. The molecule has 8 heteroatoms. The molecule has 17 heavy (non-hydrogen) atoms. The number of carbonyl (C=O) groups is 1. The van der Waals surface area contributed by atoms with Gasteiger partial charge in [0.1, 0.15) is 11.4 Å². The molecule has 1 aromatic rings. The minimum Gasteiger partial charge on any atom is -0.477 e. The fourth-order valence-corrected chi connectivity index (χ4v) is 1.29. The summed E-state index contributed by atoms with van der Waals surface area (Å²) < 4.78 is 0.550. The van der Waals surface area contributed by atoms with E-state index >= 15 is 0 Å². The van der Waals surface area contributed by atoms with Crippen molar-refractivity contribution in [3.8, 4) is 0 Å². The van der Waals surface area contributed by atoms with Crippen LogP contribution in [0.5, 0.6) is 0 Å². The molecule has 90 valence electrons. The van der Waals surface area contributed by atoms with Gasteiger partial charge in [0.25, 0.3) is 5.69 Å². The minimum atomic E-state index is -1.20. The lowest BCUT2D eigenvalue weighted by Crippen LogP contribution is -2.10. The monoisotopic (exact) mass is 301 g/mol. The molecule has 0 unspecified atom stereocenters. The third kappa shape index (κ3) is 3.52. The third-order valence-electron chi connectivity index (χ3n) is 1.81. The number of nitro benzene ring substituents is 1. The smallest absolute Gasteiger partial charge is 0.351 e. The van der Waals surface area contributed by atoms with Gasteiger partial charge < -0.3 is 5.11 Å². The first kappa shape index (κ1) is 13.1. The maximum Gasteiger partial charge on any atom is 0.351 e. The van der Waals surface area contributed by atoms with Gasteiger partial charge in [0.05, 0.1) is 4.92 Å². The van der Waals surface area contributed by atoms with Crippen LogP contribution >= 0.6 is 15.9 Å². The number of hydrogen-bond acceptors (Lipinski definition) is 5. The van der Waals surface area contributed by atoms with Gasteiger partial charge in [-0.3, -0.25) is 15.5 Å². The van der Waals surface area contributed by atoms with E-state index in [4.69, 9.17) is 5.11 Å². The van der Waals surface area contributed by atoms with Crippen LogP contribution in [0.15, 0.2) is 27.8 Å². The third-order valence-corrected chi connectivity index (χ3v) is 2.30. The molecule has 0 aliphatic rings. The minimum absolute atomic E-state index is 0.124. The number of nitro groups is 1. The van der Waals surface area contributed by atoms with Crippen LogP contribution in [0, 0.1) is 10.1 Å². The second-order valence-corrected chi connectivity index (χ2v) is 3.95. The maximum absolute atomic E-state index is 10.7. The SMILES string of the molecule is C/C(=N\Nc1ccc(Br)cc1[N+](=O)[O-])C(=O)O. The average molecular weight is 302 g/mol. The summed E-state index contributed by atoms with van der Waals surface area (Å²) in [5, 5.41) is 22.8. The summed E-state index contributed by atoms with van der Waals surface area (Å²) in [7, 11) is 0. The fourth-order valence-electron chi connectivity index (χ4n) is 0.942. The van der Waals surface area contributed by atoms with Crippen LogP contribution in [0.1, 0.15) is 6.92 Å². The topological polar surface area (TPSA) is 105 Å². The van der Waals surface area contributed by atoms with Crippen LogP contribution in [0.25, 0.3) is 0 Å². The highest BCUT2D eigenvalue weighted by atomic mass is 79.9. The summed E-state index contributed by atoms with van der Waals surface area (Å²) in [5.41, 5.74) is 2.09. The molecule has 0 radical (unpaired) electrons. The summed E-state index contributed by atoms with van der Waals surface area (Å²) in [5.74, 6) is -1.20. The molecular formula is C9H8BrN3O4. The molecule has 0 aromatic heterocycles. The number of nitrogens with zero attached hydrogens (tertiary/aromatic N) is 2. The molecule has 0 saturated carbocycles. The number of halogens is 1. The van der Waals surface area contributed by atoms with Crippen LogP contribution in [0.2, 0.25) is 0 Å². The van der Waals surface area contributed by atoms with Gasteiger partial charge in [-0.25, -0.2) is 4.79 Å². The van der Waals surface area contributed by atoms with Crippen LogP contribution in [-0.2, 0) is 4.79 Å². The Morgan fingerprint density at radius 1 is 1.59 bits per heavy atom. The van der Waals surface area contributed by atoms with Gasteiger partial charge in [0, 0.05) is 10.5 Å². The van der Waals surface area contributed by atoms with Gasteiger partial charge in [-0.05, 0) is 19.1 Å². The largest absolute Gasteiger partial charge is 0.477 e. The van der Waals surface area contributed by atoms with Crippen LogP contribution in [0.4, 0.5) is 11.4 Å². The first-order valence-corrected chi connectivity index (χ1v) is 5.18. The summed E-state index contributed by atoms with van der Waals surface area (Å²) in [6, 6.07) is 4.32. The van der Waals surface area contributed by atoms with E-state index in [1.54, 1.807) is 6.07 Å². The fraction of sp³-hybridized carbons (Fsp3) is 0.111. The summed E-state index contributed by atoms with van der Waals surface area (Å²) >= 11 is 3.11. The van der Waals surface area contributed by atoms with E-state index < -0.39 is 10.9 Å².